The van der Waals surface area contributed by atoms with Gasteiger partial charge in [-0.15, -0.1) is 0 Å². The van der Waals surface area contributed by atoms with Crippen LogP contribution in [0.1, 0.15) is 65.2 Å². The zero-order chi connectivity index (χ0) is 17.4. The van der Waals surface area contributed by atoms with Gasteiger partial charge in [0.15, 0.2) is 0 Å². The van der Waals surface area contributed by atoms with E-state index in [-0.39, 0.29) is 0 Å². The van der Waals surface area contributed by atoms with Crippen LogP contribution in [0.15, 0.2) is 30.3 Å². The Morgan fingerprint density at radius 3 is 2.42 bits per heavy atom. The minimum atomic E-state index is -1.53. The third-order valence-corrected chi connectivity index (χ3v) is 10.4. The number of hydrogen-bond donors (Lipinski definition) is 0. The lowest BCUT2D eigenvalue weighted by Crippen LogP contribution is -2.51. The Kier molecular flexibility index (Phi) is 8.03. The van der Waals surface area contributed by atoms with Crippen molar-refractivity contribution in [1.29, 1.82) is 0 Å². The molecule has 1 aromatic rings. The van der Waals surface area contributed by atoms with Crippen LogP contribution in [0.3, 0.4) is 0 Å². The molecule has 0 aromatic heterocycles. The summed E-state index contributed by atoms with van der Waals surface area (Å²) < 4.78 is 6.40. The highest BCUT2D eigenvalue weighted by Crippen LogP contribution is 2.41. The largest absolute Gasteiger partial charge is 0.378 e. The Morgan fingerprint density at radius 2 is 1.75 bits per heavy atom. The Labute approximate surface area is 151 Å². The molecule has 0 amide bonds. The molecule has 1 fully saturated rings. The summed E-state index contributed by atoms with van der Waals surface area (Å²) in [6, 6.07) is 11.3. The van der Waals surface area contributed by atoms with E-state index >= 15 is 0 Å². The summed E-state index contributed by atoms with van der Waals surface area (Å²) in [5.41, 5.74) is 0.758. The van der Waals surface area contributed by atoms with Gasteiger partial charge in [-0.3, -0.25) is 0 Å². The Morgan fingerprint density at radius 1 is 1.04 bits per heavy atom. The first kappa shape index (κ1) is 19.7. The van der Waals surface area contributed by atoms with Crippen LogP contribution in [0, 0.1) is 5.92 Å². The minimum absolute atomic E-state index is 0.510. The summed E-state index contributed by atoms with van der Waals surface area (Å²) >= 11 is 0. The highest BCUT2D eigenvalue weighted by molar-refractivity contribution is 6.91. The molecule has 0 N–H and O–H groups in total. The molecule has 3 atom stereocenters. The first-order valence-corrected chi connectivity index (χ1v) is 13.4. The van der Waals surface area contributed by atoms with Crippen LogP contribution in [0.4, 0.5) is 0 Å². The zero-order valence-corrected chi connectivity index (χ0v) is 17.4. The topological polar surface area (TPSA) is 9.23 Å². The molecular formula is C22H38OSi. The van der Waals surface area contributed by atoms with Gasteiger partial charge in [-0.2, -0.15) is 0 Å². The molecule has 0 aliphatic carbocycles. The average molecular weight is 347 g/mol. The highest BCUT2D eigenvalue weighted by atomic mass is 28.3. The standard InChI is InChI=1S/C22H38OSi/c1-5-7-10-13-19-17-18-23-22(19)21(16-8-6-2)24(3,4)20-14-11-9-12-15-20/h9,11-12,14-15,19,21-22H,5-8,10,13,16-18H2,1-4H3/t19?,21-,22+/m0/s1. The van der Waals surface area contributed by atoms with Crippen molar-refractivity contribution in [2.24, 2.45) is 5.92 Å². The number of ether oxygens (including phenoxy) is 1. The normalized spacial score (nSPS) is 22.7. The summed E-state index contributed by atoms with van der Waals surface area (Å²) in [4.78, 5) is 0. The molecule has 2 heteroatoms. The van der Waals surface area contributed by atoms with Gasteiger partial charge in [-0.1, -0.05) is 101 Å². The summed E-state index contributed by atoms with van der Waals surface area (Å²) in [6.45, 7) is 10.8. The van der Waals surface area contributed by atoms with Gasteiger partial charge in [0.1, 0.15) is 0 Å². The summed E-state index contributed by atoms with van der Waals surface area (Å²) in [7, 11) is -1.53. The van der Waals surface area contributed by atoms with Gasteiger partial charge in [0.25, 0.3) is 0 Å². The number of rotatable bonds is 10. The maximum Gasteiger partial charge on any atom is 0.0862 e. The van der Waals surface area contributed by atoms with Gasteiger partial charge >= 0.3 is 0 Å². The first-order valence-electron chi connectivity index (χ1n) is 10.3. The van der Waals surface area contributed by atoms with E-state index in [0.717, 1.165) is 18.1 Å². The van der Waals surface area contributed by atoms with Crippen molar-refractivity contribution in [2.75, 3.05) is 6.61 Å². The van der Waals surface area contributed by atoms with Crippen molar-refractivity contribution in [2.45, 2.75) is 90.0 Å². The monoisotopic (exact) mass is 346 g/mol. The molecule has 24 heavy (non-hydrogen) atoms. The highest BCUT2D eigenvalue weighted by Gasteiger charge is 2.43. The van der Waals surface area contributed by atoms with Gasteiger partial charge in [-0.05, 0) is 24.3 Å². The number of hydrogen-bond acceptors (Lipinski definition) is 1. The molecule has 0 spiro atoms. The predicted molar refractivity (Wildman–Crippen MR) is 109 cm³/mol. The Bertz CT molecular complexity index is 456. The lowest BCUT2D eigenvalue weighted by atomic mass is 9.91. The molecule has 1 aromatic carbocycles. The molecule has 1 aliphatic heterocycles. The van der Waals surface area contributed by atoms with Gasteiger partial charge in [0.05, 0.1) is 14.2 Å². The molecular weight excluding hydrogens is 308 g/mol. The van der Waals surface area contributed by atoms with E-state index in [1.807, 2.05) is 0 Å². The van der Waals surface area contributed by atoms with E-state index in [9.17, 15) is 0 Å². The molecule has 2 rings (SSSR count). The number of unbranched alkanes of at least 4 members (excludes halogenated alkanes) is 3. The fourth-order valence-electron chi connectivity index (χ4n) is 4.51. The summed E-state index contributed by atoms with van der Waals surface area (Å²) in [5, 5.41) is 1.61. The van der Waals surface area contributed by atoms with E-state index in [2.05, 4.69) is 57.3 Å². The zero-order valence-electron chi connectivity index (χ0n) is 16.4. The van der Waals surface area contributed by atoms with Crippen LogP contribution in [0.2, 0.25) is 18.6 Å². The van der Waals surface area contributed by atoms with Crippen molar-refractivity contribution >= 4 is 13.3 Å². The third kappa shape index (κ3) is 4.95. The van der Waals surface area contributed by atoms with E-state index in [4.69, 9.17) is 4.74 Å². The SMILES string of the molecule is CCCCCC1CCO[C@H]1[C@H](CCCC)[Si](C)(C)c1ccccc1. The van der Waals surface area contributed by atoms with Gasteiger partial charge in [0, 0.05) is 6.61 Å². The van der Waals surface area contributed by atoms with E-state index < -0.39 is 8.07 Å². The molecule has 1 unspecified atom stereocenters. The second-order valence-electron chi connectivity index (χ2n) is 8.22. The predicted octanol–water partition coefficient (Wildman–Crippen LogP) is 6.15. The number of benzene rings is 1. The van der Waals surface area contributed by atoms with Crippen molar-refractivity contribution in [1.82, 2.24) is 0 Å². The quantitative estimate of drug-likeness (QED) is 0.365. The lowest BCUT2D eigenvalue weighted by Gasteiger charge is -2.39. The first-order chi connectivity index (χ1) is 11.6. The van der Waals surface area contributed by atoms with Crippen molar-refractivity contribution in [3.05, 3.63) is 30.3 Å². The van der Waals surface area contributed by atoms with Crippen molar-refractivity contribution < 1.29 is 4.74 Å². The van der Waals surface area contributed by atoms with Gasteiger partial charge in [-0.25, -0.2) is 0 Å². The van der Waals surface area contributed by atoms with E-state index in [0.29, 0.717) is 6.10 Å². The molecule has 1 aliphatic rings. The minimum Gasteiger partial charge on any atom is -0.378 e. The van der Waals surface area contributed by atoms with Crippen LogP contribution in [-0.4, -0.2) is 20.8 Å². The van der Waals surface area contributed by atoms with Gasteiger partial charge < -0.3 is 4.74 Å². The van der Waals surface area contributed by atoms with E-state index in [1.54, 1.807) is 5.19 Å². The van der Waals surface area contributed by atoms with Crippen LogP contribution in [0.5, 0.6) is 0 Å². The molecule has 0 bridgehead atoms. The Hall–Kier alpha value is -0.603. The molecule has 1 heterocycles. The lowest BCUT2D eigenvalue weighted by molar-refractivity contribution is 0.0771. The molecule has 0 saturated carbocycles. The van der Waals surface area contributed by atoms with Crippen LogP contribution >= 0.6 is 0 Å². The second kappa shape index (κ2) is 9.77. The van der Waals surface area contributed by atoms with Crippen LogP contribution in [-0.2, 0) is 4.74 Å². The fourth-order valence-corrected chi connectivity index (χ4v) is 8.10. The van der Waals surface area contributed by atoms with Gasteiger partial charge in [0.2, 0.25) is 0 Å². The molecule has 1 nitrogen and oxygen atoms in total. The van der Waals surface area contributed by atoms with E-state index in [1.165, 1.54) is 51.4 Å². The fraction of sp³-hybridized carbons (Fsp3) is 0.727. The molecule has 1 saturated heterocycles. The van der Waals surface area contributed by atoms with Crippen LogP contribution in [0.25, 0.3) is 0 Å². The Balaban J connectivity index is 2.17. The maximum absolute atomic E-state index is 6.40. The summed E-state index contributed by atoms with van der Waals surface area (Å²) in [5.74, 6) is 0.800. The average Bonchev–Trinajstić information content (AvgIpc) is 3.04. The molecule has 0 radical (unpaired) electrons. The van der Waals surface area contributed by atoms with Crippen molar-refractivity contribution in [3.8, 4) is 0 Å². The maximum atomic E-state index is 6.40. The van der Waals surface area contributed by atoms with Crippen LogP contribution < -0.4 is 5.19 Å². The molecule has 136 valence electrons. The summed E-state index contributed by atoms with van der Waals surface area (Å²) in [6.07, 6.45) is 11.2. The van der Waals surface area contributed by atoms with Crippen molar-refractivity contribution in [3.63, 3.8) is 0 Å². The second-order valence-corrected chi connectivity index (χ2v) is 13.0. The third-order valence-electron chi connectivity index (χ3n) is 6.15. The smallest absolute Gasteiger partial charge is 0.0862 e.